The van der Waals surface area contributed by atoms with Crippen molar-refractivity contribution >= 4 is 16.7 Å². The molecule has 0 aliphatic carbocycles. The first-order valence-corrected chi connectivity index (χ1v) is 7.71. The number of alkyl halides is 3. The van der Waals surface area contributed by atoms with E-state index in [1.807, 2.05) is 6.07 Å². The second kappa shape index (κ2) is 5.74. The Balaban J connectivity index is 2.18. The SMILES string of the molecule is CC1(C)CN([C@@H](c2cccc3c(C#N)cccc23)C(F)(F)F)NC1=O. The van der Waals surface area contributed by atoms with Crippen LogP contribution >= 0.6 is 0 Å². The molecule has 3 rings (SSSR count). The fourth-order valence-corrected chi connectivity index (χ4v) is 3.17. The molecular formula is C18H16F3N3O. The van der Waals surface area contributed by atoms with Crippen LogP contribution < -0.4 is 5.43 Å². The highest BCUT2D eigenvalue weighted by molar-refractivity contribution is 5.91. The highest BCUT2D eigenvalue weighted by atomic mass is 19.4. The number of carbonyl (C=O) groups is 1. The molecule has 2 aromatic carbocycles. The molecule has 1 saturated heterocycles. The van der Waals surface area contributed by atoms with E-state index in [2.05, 4.69) is 5.43 Å². The van der Waals surface area contributed by atoms with E-state index in [0.717, 1.165) is 5.01 Å². The summed E-state index contributed by atoms with van der Waals surface area (Å²) in [5.41, 5.74) is 1.77. The maximum Gasteiger partial charge on any atom is 0.409 e. The Kier molecular flexibility index (Phi) is 3.96. The van der Waals surface area contributed by atoms with Crippen molar-refractivity contribution in [3.63, 3.8) is 0 Å². The number of benzene rings is 2. The molecule has 130 valence electrons. The van der Waals surface area contributed by atoms with Crippen molar-refractivity contribution in [3.8, 4) is 6.07 Å². The summed E-state index contributed by atoms with van der Waals surface area (Å²) in [7, 11) is 0. The van der Waals surface area contributed by atoms with Gasteiger partial charge in [0.1, 0.15) is 0 Å². The van der Waals surface area contributed by atoms with Gasteiger partial charge in [-0.2, -0.15) is 18.4 Å². The van der Waals surface area contributed by atoms with Crippen LogP contribution in [0.25, 0.3) is 10.8 Å². The summed E-state index contributed by atoms with van der Waals surface area (Å²) < 4.78 is 41.7. The molecule has 2 aromatic rings. The molecule has 1 atom stereocenters. The van der Waals surface area contributed by atoms with Crippen molar-refractivity contribution in [2.75, 3.05) is 6.54 Å². The maximum absolute atomic E-state index is 13.9. The molecule has 4 nitrogen and oxygen atoms in total. The van der Waals surface area contributed by atoms with Crippen LogP contribution in [0, 0.1) is 16.7 Å². The van der Waals surface area contributed by atoms with E-state index < -0.39 is 23.5 Å². The standard InChI is InChI=1S/C18H16F3N3O/c1-17(2)10-24(23-16(17)25)15(18(19,20)21)14-8-4-6-12-11(9-22)5-3-7-13(12)14/h3-8,15H,10H2,1-2H3,(H,23,25)/t15-/m0/s1. The van der Waals surface area contributed by atoms with Crippen LogP contribution in [-0.4, -0.2) is 23.6 Å². The number of hydrogen-bond acceptors (Lipinski definition) is 3. The van der Waals surface area contributed by atoms with E-state index >= 15 is 0 Å². The number of nitriles is 1. The van der Waals surface area contributed by atoms with Crippen molar-refractivity contribution in [3.05, 3.63) is 47.5 Å². The number of nitrogens with zero attached hydrogens (tertiary/aromatic N) is 2. The minimum atomic E-state index is -4.59. The first-order valence-electron chi connectivity index (χ1n) is 7.71. The Morgan fingerprint density at radius 2 is 1.84 bits per heavy atom. The zero-order chi connectivity index (χ0) is 18.4. The Labute approximate surface area is 142 Å². The van der Waals surface area contributed by atoms with Gasteiger partial charge in [-0.3, -0.25) is 10.2 Å². The van der Waals surface area contributed by atoms with E-state index in [-0.39, 0.29) is 12.1 Å². The molecule has 1 aliphatic heterocycles. The van der Waals surface area contributed by atoms with Crippen LogP contribution in [0.5, 0.6) is 0 Å². The predicted molar refractivity (Wildman–Crippen MR) is 86.1 cm³/mol. The third-order valence-corrected chi connectivity index (χ3v) is 4.42. The van der Waals surface area contributed by atoms with Crippen molar-refractivity contribution in [1.29, 1.82) is 5.26 Å². The molecule has 0 aromatic heterocycles. The molecule has 1 amide bonds. The van der Waals surface area contributed by atoms with Gasteiger partial charge in [0.2, 0.25) is 5.91 Å². The summed E-state index contributed by atoms with van der Waals surface area (Å²) >= 11 is 0. The molecule has 25 heavy (non-hydrogen) atoms. The van der Waals surface area contributed by atoms with Crippen LogP contribution in [0.2, 0.25) is 0 Å². The van der Waals surface area contributed by atoms with Crippen molar-refractivity contribution < 1.29 is 18.0 Å². The third-order valence-electron chi connectivity index (χ3n) is 4.42. The fraction of sp³-hybridized carbons (Fsp3) is 0.333. The molecule has 0 spiro atoms. The number of rotatable bonds is 2. The first-order chi connectivity index (χ1) is 11.6. The van der Waals surface area contributed by atoms with E-state index in [9.17, 15) is 23.2 Å². The van der Waals surface area contributed by atoms with Gasteiger partial charge < -0.3 is 0 Å². The van der Waals surface area contributed by atoms with Gasteiger partial charge in [-0.25, -0.2) is 5.01 Å². The molecule has 0 saturated carbocycles. The minimum Gasteiger partial charge on any atom is -0.287 e. The summed E-state index contributed by atoms with van der Waals surface area (Å²) in [6, 6.07) is 9.21. The van der Waals surface area contributed by atoms with Gasteiger partial charge in [0.25, 0.3) is 0 Å². The van der Waals surface area contributed by atoms with Gasteiger partial charge in [-0.15, -0.1) is 0 Å². The summed E-state index contributed by atoms with van der Waals surface area (Å²) in [5.74, 6) is -0.445. The fourth-order valence-electron chi connectivity index (χ4n) is 3.17. The van der Waals surface area contributed by atoms with Crippen molar-refractivity contribution in [2.45, 2.75) is 26.1 Å². The number of hydrogen-bond donors (Lipinski definition) is 1. The molecule has 0 bridgehead atoms. The zero-order valence-electron chi connectivity index (χ0n) is 13.7. The van der Waals surface area contributed by atoms with Gasteiger partial charge in [0, 0.05) is 6.54 Å². The lowest BCUT2D eigenvalue weighted by molar-refractivity contribution is -0.191. The summed E-state index contributed by atoms with van der Waals surface area (Å²) in [6.45, 7) is 3.14. The average molecular weight is 347 g/mol. The zero-order valence-corrected chi connectivity index (χ0v) is 13.7. The predicted octanol–water partition coefficient (Wildman–Crippen LogP) is 3.69. The molecule has 1 fully saturated rings. The molecule has 7 heteroatoms. The van der Waals surface area contributed by atoms with Gasteiger partial charge in [-0.1, -0.05) is 30.3 Å². The monoisotopic (exact) mass is 347 g/mol. The Morgan fingerprint density at radius 3 is 2.40 bits per heavy atom. The first kappa shape index (κ1) is 17.2. The maximum atomic E-state index is 13.9. The number of fused-ring (bicyclic) bond motifs is 1. The lowest BCUT2D eigenvalue weighted by Gasteiger charge is -2.30. The molecule has 1 heterocycles. The highest BCUT2D eigenvalue weighted by Crippen LogP contribution is 2.42. The lowest BCUT2D eigenvalue weighted by atomic mass is 9.92. The van der Waals surface area contributed by atoms with Crippen LogP contribution in [0.15, 0.2) is 36.4 Å². The summed E-state index contributed by atoms with van der Waals surface area (Å²) in [6.07, 6.45) is -4.59. The number of carbonyl (C=O) groups excluding carboxylic acids is 1. The van der Waals surface area contributed by atoms with Gasteiger partial charge >= 0.3 is 6.18 Å². The number of amides is 1. The van der Waals surface area contributed by atoms with Gasteiger partial charge in [0.05, 0.1) is 17.0 Å². The summed E-state index contributed by atoms with van der Waals surface area (Å²) in [5, 5.41) is 11.0. The minimum absolute atomic E-state index is 0.0140. The second-order valence-corrected chi connectivity index (χ2v) is 6.76. The van der Waals surface area contributed by atoms with Gasteiger partial charge in [0.15, 0.2) is 6.04 Å². The quantitative estimate of drug-likeness (QED) is 0.901. The topological polar surface area (TPSA) is 56.1 Å². The Bertz CT molecular complexity index is 883. The molecule has 0 radical (unpaired) electrons. The number of nitrogens with one attached hydrogen (secondary N) is 1. The van der Waals surface area contributed by atoms with Crippen molar-refractivity contribution in [1.82, 2.24) is 10.4 Å². The van der Waals surface area contributed by atoms with E-state index in [0.29, 0.717) is 16.3 Å². The lowest BCUT2D eigenvalue weighted by Crippen LogP contribution is -2.43. The second-order valence-electron chi connectivity index (χ2n) is 6.76. The normalized spacial score (nSPS) is 18.8. The molecule has 1 aliphatic rings. The van der Waals surface area contributed by atoms with Crippen molar-refractivity contribution in [2.24, 2.45) is 5.41 Å². The van der Waals surface area contributed by atoms with E-state index in [1.54, 1.807) is 38.1 Å². The Morgan fingerprint density at radius 1 is 1.20 bits per heavy atom. The van der Waals surface area contributed by atoms with E-state index in [1.165, 1.54) is 12.1 Å². The van der Waals surface area contributed by atoms with Gasteiger partial charge in [-0.05, 0) is 36.2 Å². The molecule has 1 N–H and O–H groups in total. The highest BCUT2D eigenvalue weighted by Gasteiger charge is 2.51. The number of halogens is 3. The third kappa shape index (κ3) is 2.94. The smallest absolute Gasteiger partial charge is 0.287 e. The molecule has 0 unspecified atom stereocenters. The average Bonchev–Trinajstić information content (AvgIpc) is 2.78. The summed E-state index contributed by atoms with van der Waals surface area (Å²) in [4.78, 5) is 12.0. The molecular weight excluding hydrogens is 331 g/mol. The Hall–Kier alpha value is -2.59. The van der Waals surface area contributed by atoms with Crippen LogP contribution in [-0.2, 0) is 4.79 Å². The van der Waals surface area contributed by atoms with Crippen LogP contribution in [0.4, 0.5) is 13.2 Å². The van der Waals surface area contributed by atoms with Crippen LogP contribution in [0.3, 0.4) is 0 Å². The largest absolute Gasteiger partial charge is 0.409 e. The van der Waals surface area contributed by atoms with E-state index in [4.69, 9.17) is 0 Å². The van der Waals surface area contributed by atoms with Crippen LogP contribution in [0.1, 0.15) is 31.0 Å². The number of hydrazine groups is 1.